The van der Waals surface area contributed by atoms with E-state index in [-0.39, 0.29) is 10.1 Å². The lowest BCUT2D eigenvalue weighted by Gasteiger charge is -2.42. The zero-order valence-corrected chi connectivity index (χ0v) is 20.1. The van der Waals surface area contributed by atoms with Gasteiger partial charge in [-0.3, -0.25) is 9.59 Å². The van der Waals surface area contributed by atoms with Crippen LogP contribution in [0.1, 0.15) is 26.3 Å². The first-order valence-electron chi connectivity index (χ1n) is 10.6. The molecule has 1 fully saturated rings. The maximum absolute atomic E-state index is 12.4. The minimum atomic E-state index is -1.44. The zero-order valence-electron chi connectivity index (χ0n) is 18.6. The van der Waals surface area contributed by atoms with E-state index in [0.717, 1.165) is 0 Å². The third kappa shape index (κ3) is 4.17. The number of carbonyl (C=O) groups is 2. The van der Waals surface area contributed by atoms with E-state index in [4.69, 9.17) is 32.7 Å². The number of carbonyl (C=O) groups excluding carboxylic acids is 2. The average molecular weight is 511 g/mol. The largest absolute Gasteiger partial charge is 0.463 e. The summed E-state index contributed by atoms with van der Waals surface area (Å²) in [5.41, 5.74) is 1.65. The van der Waals surface area contributed by atoms with Gasteiger partial charge in [-0.1, -0.05) is 37.0 Å². The molecule has 3 aliphatic rings. The number of fused-ring (bicyclic) bond motifs is 2. The predicted molar refractivity (Wildman–Crippen MR) is 124 cm³/mol. The van der Waals surface area contributed by atoms with Gasteiger partial charge in [0.1, 0.15) is 30.1 Å². The SMILES string of the molecule is CC(=O)N[C@H]1[C@H](Oc2ccc3c(c2)C(C)(C)C2=C(Cl)C(=O)C(Cl)=CC2=N3)O[C@H](CO)[C@@H](O)[C@@H]1O. The third-order valence-corrected chi connectivity index (χ3v) is 6.81. The van der Waals surface area contributed by atoms with E-state index in [1.165, 1.54) is 13.0 Å². The summed E-state index contributed by atoms with van der Waals surface area (Å²) in [6.45, 7) is 4.48. The maximum atomic E-state index is 12.4. The van der Waals surface area contributed by atoms with Gasteiger partial charge in [-0.25, -0.2) is 4.99 Å². The minimum absolute atomic E-state index is 0.00236. The van der Waals surface area contributed by atoms with Crippen LogP contribution in [0.5, 0.6) is 5.75 Å². The van der Waals surface area contributed by atoms with Crippen molar-refractivity contribution < 1.29 is 34.4 Å². The highest BCUT2D eigenvalue weighted by Crippen LogP contribution is 2.48. The van der Waals surface area contributed by atoms with Gasteiger partial charge < -0.3 is 30.1 Å². The number of hydrogen-bond acceptors (Lipinski definition) is 8. The zero-order chi connectivity index (χ0) is 24.9. The average Bonchev–Trinajstić information content (AvgIpc) is 2.77. The Labute approximate surface area is 205 Å². The summed E-state index contributed by atoms with van der Waals surface area (Å²) in [5, 5.41) is 32.7. The Morgan fingerprint density at radius 3 is 2.62 bits per heavy atom. The third-order valence-electron chi connectivity index (χ3n) is 6.17. The molecule has 1 aliphatic carbocycles. The number of ketones is 1. The number of aliphatic imine (C=N–C) groups is 1. The molecular formula is C23H24Cl2N2O7. The second kappa shape index (κ2) is 9.07. The number of nitrogens with zero attached hydrogens (tertiary/aromatic N) is 1. The number of ether oxygens (including phenoxy) is 2. The summed E-state index contributed by atoms with van der Waals surface area (Å²) in [7, 11) is 0. The number of aliphatic hydroxyl groups is 3. The fraction of sp³-hybridized carbons (Fsp3) is 0.435. The number of hydrogen-bond donors (Lipinski definition) is 4. The first-order chi connectivity index (χ1) is 15.9. The molecule has 34 heavy (non-hydrogen) atoms. The van der Waals surface area contributed by atoms with Crippen molar-refractivity contribution in [3.8, 4) is 5.75 Å². The van der Waals surface area contributed by atoms with E-state index in [1.54, 1.807) is 18.2 Å². The molecule has 11 heteroatoms. The summed E-state index contributed by atoms with van der Waals surface area (Å²) < 4.78 is 11.6. The monoisotopic (exact) mass is 510 g/mol. The number of rotatable bonds is 4. The van der Waals surface area contributed by atoms with Crippen molar-refractivity contribution in [2.45, 2.75) is 56.8 Å². The van der Waals surface area contributed by atoms with Gasteiger partial charge >= 0.3 is 0 Å². The minimum Gasteiger partial charge on any atom is -0.463 e. The van der Waals surface area contributed by atoms with Gasteiger partial charge in [0, 0.05) is 17.9 Å². The Morgan fingerprint density at radius 1 is 1.26 bits per heavy atom. The molecule has 0 radical (unpaired) electrons. The van der Waals surface area contributed by atoms with Crippen LogP contribution in [0.2, 0.25) is 0 Å². The van der Waals surface area contributed by atoms with Gasteiger partial charge in [0.05, 0.1) is 28.1 Å². The highest BCUT2D eigenvalue weighted by molar-refractivity contribution is 6.58. The fourth-order valence-corrected chi connectivity index (χ4v) is 5.11. The number of allylic oxidation sites excluding steroid dienone is 4. The number of amides is 1. The number of benzene rings is 1. The Balaban J connectivity index is 1.71. The molecule has 182 valence electrons. The maximum Gasteiger partial charge on any atom is 0.223 e. The van der Waals surface area contributed by atoms with E-state index in [2.05, 4.69) is 10.3 Å². The van der Waals surface area contributed by atoms with Crippen molar-refractivity contribution in [2.75, 3.05) is 6.61 Å². The first kappa shape index (κ1) is 24.8. The smallest absolute Gasteiger partial charge is 0.223 e. The van der Waals surface area contributed by atoms with Crippen molar-refractivity contribution in [3.05, 3.63) is 45.5 Å². The molecule has 0 bridgehead atoms. The predicted octanol–water partition coefficient (Wildman–Crippen LogP) is 1.57. The Kier molecular flexibility index (Phi) is 6.63. The number of Topliss-reactive ketones (excluding diaryl/α,β-unsaturated/α-hetero) is 1. The molecule has 4 rings (SSSR count). The van der Waals surface area contributed by atoms with Gasteiger partial charge in [0.25, 0.3) is 0 Å². The van der Waals surface area contributed by atoms with Crippen LogP contribution in [0.15, 0.2) is 44.9 Å². The van der Waals surface area contributed by atoms with E-state index in [9.17, 15) is 24.9 Å². The van der Waals surface area contributed by atoms with Crippen LogP contribution < -0.4 is 10.1 Å². The molecule has 5 atom stereocenters. The summed E-state index contributed by atoms with van der Waals surface area (Å²) in [6, 6.07) is 3.96. The molecule has 0 saturated carbocycles. The topological polar surface area (TPSA) is 138 Å². The lowest BCUT2D eigenvalue weighted by molar-refractivity contribution is -0.244. The lowest BCUT2D eigenvalue weighted by Crippen LogP contribution is -2.65. The Morgan fingerprint density at radius 2 is 1.97 bits per heavy atom. The van der Waals surface area contributed by atoms with Crippen molar-refractivity contribution in [1.29, 1.82) is 0 Å². The highest BCUT2D eigenvalue weighted by atomic mass is 35.5. The fourth-order valence-electron chi connectivity index (χ4n) is 4.43. The molecule has 1 aromatic carbocycles. The molecule has 1 aromatic rings. The second-order valence-electron chi connectivity index (χ2n) is 8.86. The van der Waals surface area contributed by atoms with Crippen molar-refractivity contribution in [2.24, 2.45) is 4.99 Å². The normalized spacial score (nSPS) is 30.1. The van der Waals surface area contributed by atoms with Crippen LogP contribution in [0.3, 0.4) is 0 Å². The molecule has 0 unspecified atom stereocenters. The molecule has 1 amide bonds. The van der Waals surface area contributed by atoms with E-state index in [0.29, 0.717) is 28.3 Å². The van der Waals surface area contributed by atoms with E-state index in [1.807, 2.05) is 13.8 Å². The number of halogens is 2. The molecular weight excluding hydrogens is 487 g/mol. The van der Waals surface area contributed by atoms with Gasteiger partial charge in [-0.15, -0.1) is 0 Å². The van der Waals surface area contributed by atoms with Crippen molar-refractivity contribution >= 4 is 46.3 Å². The van der Waals surface area contributed by atoms with Crippen molar-refractivity contribution in [3.63, 3.8) is 0 Å². The molecule has 0 spiro atoms. The van der Waals surface area contributed by atoms with Crippen LogP contribution in [0, 0.1) is 0 Å². The van der Waals surface area contributed by atoms with Gasteiger partial charge in [0.15, 0.2) is 0 Å². The van der Waals surface area contributed by atoms with Crippen molar-refractivity contribution in [1.82, 2.24) is 5.32 Å². The van der Waals surface area contributed by atoms with Crippen LogP contribution in [-0.2, 0) is 19.7 Å². The molecule has 2 aliphatic heterocycles. The number of aliphatic hydroxyl groups excluding tert-OH is 3. The highest BCUT2D eigenvalue weighted by Gasteiger charge is 2.46. The quantitative estimate of drug-likeness (QED) is 0.451. The van der Waals surface area contributed by atoms with Crippen LogP contribution in [-0.4, -0.2) is 70.0 Å². The molecule has 9 nitrogen and oxygen atoms in total. The standard InChI is InChI=1S/C23H24Cl2N2O7/c1-9(29)26-18-21(32)20(31)15(8-28)34-22(18)33-10-4-5-13-11(6-10)23(2,3)16-14(27-13)7-12(24)19(30)17(16)25/h4-7,15,18,20-22,28,31-32H,8H2,1-3H3,(H,26,29)/t15-,18-,20-,21-,22-/m1/s1. The molecule has 1 saturated heterocycles. The van der Waals surface area contributed by atoms with Gasteiger partial charge in [-0.2, -0.15) is 0 Å². The second-order valence-corrected chi connectivity index (χ2v) is 9.65. The van der Waals surface area contributed by atoms with Gasteiger partial charge in [-0.05, 0) is 29.8 Å². The lowest BCUT2D eigenvalue weighted by atomic mass is 9.71. The Bertz CT molecular complexity index is 1140. The van der Waals surface area contributed by atoms with Crippen LogP contribution >= 0.6 is 23.2 Å². The summed E-state index contributed by atoms with van der Waals surface area (Å²) in [6.07, 6.45) is -3.68. The van der Waals surface area contributed by atoms with Gasteiger partial charge in [0.2, 0.25) is 18.0 Å². The van der Waals surface area contributed by atoms with Crippen LogP contribution in [0.4, 0.5) is 5.69 Å². The summed E-state index contributed by atoms with van der Waals surface area (Å²) in [4.78, 5) is 28.6. The number of nitrogens with one attached hydrogen (secondary N) is 1. The molecule has 4 N–H and O–H groups in total. The molecule has 0 aromatic heterocycles. The Hall–Kier alpha value is -2.27. The summed E-state index contributed by atoms with van der Waals surface area (Å²) in [5.74, 6) is -0.615. The summed E-state index contributed by atoms with van der Waals surface area (Å²) >= 11 is 12.4. The van der Waals surface area contributed by atoms with E-state index < -0.39 is 54.4 Å². The molecule has 2 heterocycles. The van der Waals surface area contributed by atoms with E-state index >= 15 is 0 Å². The van der Waals surface area contributed by atoms with Crippen LogP contribution in [0.25, 0.3) is 0 Å². The first-order valence-corrected chi connectivity index (χ1v) is 11.3.